The van der Waals surface area contributed by atoms with E-state index in [0.717, 1.165) is 0 Å². The number of halogens is 1. The molecule has 0 saturated carbocycles. The molecule has 0 aliphatic carbocycles. The van der Waals surface area contributed by atoms with E-state index in [-0.39, 0.29) is 10.6 Å². The van der Waals surface area contributed by atoms with Crippen LogP contribution < -0.4 is 10.6 Å². The van der Waals surface area contributed by atoms with Crippen LogP contribution in [0.2, 0.25) is 0 Å². The molecule has 5 nitrogen and oxygen atoms in total. The molecule has 1 heterocycles. The van der Waals surface area contributed by atoms with Gasteiger partial charge in [-0.25, -0.2) is 13.2 Å². The summed E-state index contributed by atoms with van der Waals surface area (Å²) >= 11 is 0. The number of benzene rings is 1. The first-order valence-electron chi connectivity index (χ1n) is 4.10. The van der Waals surface area contributed by atoms with Crippen LogP contribution in [-0.2, 0) is 15.6 Å². The van der Waals surface area contributed by atoms with Gasteiger partial charge in [0, 0.05) is 17.2 Å². The van der Waals surface area contributed by atoms with Gasteiger partial charge >= 0.3 is 6.03 Å². The summed E-state index contributed by atoms with van der Waals surface area (Å²) in [7, 11) is 1.41. The molecule has 0 unspecified atom stereocenters. The fraction of sp³-hybridized carbons (Fsp3) is 0.125. The van der Waals surface area contributed by atoms with Crippen LogP contribution in [-0.4, -0.2) is 14.4 Å². The highest BCUT2D eigenvalue weighted by Gasteiger charge is 2.22. The Morgan fingerprint density at radius 3 is 2.73 bits per heavy atom. The van der Waals surface area contributed by atoms with E-state index in [9.17, 15) is 13.2 Å². The smallest absolute Gasteiger partial charge is 0.319 e. The lowest BCUT2D eigenvalue weighted by molar-refractivity contribution is 0.251. The molecule has 1 aromatic rings. The van der Waals surface area contributed by atoms with E-state index in [1.165, 1.54) is 6.07 Å². The molecule has 0 radical (unpaired) electrons. The molecule has 0 saturated heterocycles. The maximum atomic E-state index is 11.2. The molecule has 0 spiro atoms. The molecule has 0 bridgehead atoms. The maximum Gasteiger partial charge on any atom is 0.319 e. The molecule has 7 heteroatoms. The van der Waals surface area contributed by atoms with Crippen molar-refractivity contribution in [3.8, 4) is 0 Å². The van der Waals surface area contributed by atoms with Crippen LogP contribution in [0.15, 0.2) is 23.1 Å². The van der Waals surface area contributed by atoms with Crippen LogP contribution in [0.4, 0.5) is 10.5 Å². The third-order valence-electron chi connectivity index (χ3n) is 2.05. The SMILES string of the molecule is O=C1NCc2cccc(S(=O)(=O)Cl)c2N1. The van der Waals surface area contributed by atoms with Crippen molar-refractivity contribution in [2.75, 3.05) is 5.32 Å². The number of amides is 2. The fourth-order valence-electron chi connectivity index (χ4n) is 1.40. The average Bonchev–Trinajstić information content (AvgIpc) is 2.15. The van der Waals surface area contributed by atoms with Crippen LogP contribution >= 0.6 is 10.7 Å². The van der Waals surface area contributed by atoms with Gasteiger partial charge in [-0.15, -0.1) is 0 Å². The van der Waals surface area contributed by atoms with Gasteiger partial charge in [0.1, 0.15) is 4.90 Å². The Balaban J connectivity index is 2.64. The van der Waals surface area contributed by atoms with Crippen LogP contribution in [0.1, 0.15) is 5.56 Å². The van der Waals surface area contributed by atoms with E-state index in [1.807, 2.05) is 0 Å². The molecule has 1 aliphatic rings. The number of urea groups is 1. The van der Waals surface area contributed by atoms with Crippen molar-refractivity contribution in [3.63, 3.8) is 0 Å². The second-order valence-corrected chi connectivity index (χ2v) is 5.57. The summed E-state index contributed by atoms with van der Waals surface area (Å²) in [6, 6.07) is 4.21. The van der Waals surface area contributed by atoms with E-state index in [4.69, 9.17) is 10.7 Å². The number of hydrogen-bond acceptors (Lipinski definition) is 3. The Morgan fingerprint density at radius 2 is 2.07 bits per heavy atom. The van der Waals surface area contributed by atoms with Crippen molar-refractivity contribution in [2.45, 2.75) is 11.4 Å². The zero-order chi connectivity index (χ0) is 11.1. The van der Waals surface area contributed by atoms with Crippen molar-refractivity contribution in [3.05, 3.63) is 23.8 Å². The van der Waals surface area contributed by atoms with Crippen molar-refractivity contribution >= 4 is 31.5 Å². The standard InChI is InChI=1S/C8H7ClN2O3S/c9-15(13,14)6-3-1-2-5-4-10-8(12)11-7(5)6/h1-3H,4H2,(H2,10,11,12). The second-order valence-electron chi connectivity index (χ2n) is 3.04. The zero-order valence-electron chi connectivity index (χ0n) is 7.45. The first kappa shape index (κ1) is 10.3. The highest BCUT2D eigenvalue weighted by atomic mass is 35.7. The molecule has 2 amide bonds. The van der Waals surface area contributed by atoms with Gasteiger partial charge in [-0.05, 0) is 11.6 Å². The van der Waals surface area contributed by atoms with E-state index in [0.29, 0.717) is 12.1 Å². The number of hydrogen-bond donors (Lipinski definition) is 2. The molecule has 15 heavy (non-hydrogen) atoms. The molecule has 0 atom stereocenters. The summed E-state index contributed by atoms with van der Waals surface area (Å²) in [6.45, 7) is 0.293. The van der Waals surface area contributed by atoms with Gasteiger partial charge in [0.25, 0.3) is 9.05 Å². The minimum Gasteiger partial charge on any atom is -0.334 e. The number of fused-ring (bicyclic) bond motifs is 1. The Hall–Kier alpha value is -1.27. The minimum absolute atomic E-state index is 0.0727. The maximum absolute atomic E-state index is 11.2. The molecule has 1 aromatic carbocycles. The summed E-state index contributed by atoms with van der Waals surface area (Å²) in [6.07, 6.45) is 0. The third-order valence-corrected chi connectivity index (χ3v) is 3.42. The molecule has 0 aromatic heterocycles. The van der Waals surface area contributed by atoms with Gasteiger partial charge in [-0.3, -0.25) is 0 Å². The summed E-state index contributed by atoms with van der Waals surface area (Å²) in [5, 5.41) is 4.95. The Bertz CT molecular complexity index is 527. The molecule has 80 valence electrons. The summed E-state index contributed by atoms with van der Waals surface area (Å²) in [5.74, 6) is 0. The van der Waals surface area contributed by atoms with Crippen molar-refractivity contribution in [1.82, 2.24) is 5.32 Å². The fourth-order valence-corrected chi connectivity index (χ4v) is 2.45. The number of nitrogens with one attached hydrogen (secondary N) is 2. The Kier molecular flexibility index (Phi) is 2.32. The summed E-state index contributed by atoms with van der Waals surface area (Å²) in [5.41, 5.74) is 0.951. The summed E-state index contributed by atoms with van der Waals surface area (Å²) < 4.78 is 22.4. The van der Waals surface area contributed by atoms with Gasteiger partial charge in [-0.2, -0.15) is 0 Å². The lowest BCUT2D eigenvalue weighted by Gasteiger charge is -2.19. The number of anilines is 1. The second kappa shape index (κ2) is 3.39. The number of para-hydroxylation sites is 1. The normalized spacial score (nSPS) is 15.1. The summed E-state index contributed by atoms with van der Waals surface area (Å²) in [4.78, 5) is 11.0. The van der Waals surface area contributed by atoms with Gasteiger partial charge in [0.05, 0.1) is 5.69 Å². The topological polar surface area (TPSA) is 75.3 Å². The van der Waals surface area contributed by atoms with Crippen molar-refractivity contribution in [2.24, 2.45) is 0 Å². The van der Waals surface area contributed by atoms with Crippen molar-refractivity contribution in [1.29, 1.82) is 0 Å². The molecular weight excluding hydrogens is 240 g/mol. The molecule has 1 aliphatic heterocycles. The molecular formula is C8H7ClN2O3S. The molecule has 0 fully saturated rings. The quantitative estimate of drug-likeness (QED) is 0.733. The highest BCUT2D eigenvalue weighted by Crippen LogP contribution is 2.29. The van der Waals surface area contributed by atoms with Crippen LogP contribution in [0.3, 0.4) is 0 Å². The predicted molar refractivity (Wildman–Crippen MR) is 55.3 cm³/mol. The first-order valence-corrected chi connectivity index (χ1v) is 6.41. The highest BCUT2D eigenvalue weighted by molar-refractivity contribution is 8.13. The zero-order valence-corrected chi connectivity index (χ0v) is 9.02. The Labute approximate surface area is 90.8 Å². The minimum atomic E-state index is -3.84. The first-order chi connectivity index (χ1) is 6.98. The van der Waals surface area contributed by atoms with E-state index in [1.54, 1.807) is 12.1 Å². The van der Waals surface area contributed by atoms with Crippen molar-refractivity contribution < 1.29 is 13.2 Å². The predicted octanol–water partition coefficient (Wildman–Crippen LogP) is 1.25. The Morgan fingerprint density at radius 1 is 1.33 bits per heavy atom. The lowest BCUT2D eigenvalue weighted by atomic mass is 10.1. The van der Waals surface area contributed by atoms with E-state index in [2.05, 4.69) is 10.6 Å². The number of carbonyl (C=O) groups is 1. The lowest BCUT2D eigenvalue weighted by Crippen LogP contribution is -2.34. The molecule has 2 rings (SSSR count). The largest absolute Gasteiger partial charge is 0.334 e. The van der Waals surface area contributed by atoms with Crippen LogP contribution in [0, 0.1) is 0 Å². The third kappa shape index (κ3) is 1.91. The number of rotatable bonds is 1. The van der Waals surface area contributed by atoms with E-state index >= 15 is 0 Å². The van der Waals surface area contributed by atoms with E-state index < -0.39 is 15.1 Å². The van der Waals surface area contributed by atoms with Crippen LogP contribution in [0.5, 0.6) is 0 Å². The van der Waals surface area contributed by atoms with Gasteiger partial charge in [0.15, 0.2) is 0 Å². The van der Waals surface area contributed by atoms with Gasteiger partial charge < -0.3 is 10.6 Å². The average molecular weight is 247 g/mol. The van der Waals surface area contributed by atoms with Crippen LogP contribution in [0.25, 0.3) is 0 Å². The number of carbonyl (C=O) groups excluding carboxylic acids is 1. The molecule has 2 N–H and O–H groups in total. The van der Waals surface area contributed by atoms with Gasteiger partial charge in [0.2, 0.25) is 0 Å². The monoisotopic (exact) mass is 246 g/mol. The van der Waals surface area contributed by atoms with Gasteiger partial charge in [-0.1, -0.05) is 12.1 Å².